The maximum absolute atomic E-state index is 5.47. The molecule has 0 radical (unpaired) electrons. The van der Waals surface area contributed by atoms with Crippen LogP contribution in [0, 0.1) is 0 Å². The van der Waals surface area contributed by atoms with Gasteiger partial charge in [-0.05, 0) is 87.0 Å². The minimum Gasteiger partial charge on any atom is -0.370 e. The molecular weight excluding hydrogens is 588 g/mol. The number of nitrogens with two attached hydrogens (primary N) is 8. The van der Waals surface area contributed by atoms with Crippen molar-refractivity contribution in [3.8, 4) is 22.3 Å². The maximum Gasteiger partial charge on any atom is 0.186 e. The average molecular weight is 635 g/mol. The van der Waals surface area contributed by atoms with E-state index in [1.807, 2.05) is 54.7 Å². The fraction of sp³-hybridized carbons (Fsp3) is 0.143. The third-order valence-corrected chi connectivity index (χ3v) is 6.24. The summed E-state index contributed by atoms with van der Waals surface area (Å²) in [6.07, 6.45) is 15.5. The highest BCUT2D eigenvalue weighted by Gasteiger charge is 2.06. The molecule has 12 nitrogen and oxygen atoms in total. The molecule has 0 fully saturated rings. The Bertz CT molecular complexity index is 1490. The molecule has 16 N–H and O–H groups in total. The standard InChI is InChI=1S/C34H42N12.CH4/c35-31(36)43-12-2-6-23-16-24(7-3-13-44-32(37)38)19-29(18-23)27-10-1-11-28(22-27)30-20-25(8-4-14-45-33(39)40)17-26(21-30)9-5-15-46-34(41)42;/h1-11,16-22H,12-15H2,(H4,35,36,43)(H4,37,38,44)(H4,39,40,45)(H4,41,42,46);1H4/b6-2+,7-3+,8-4+,9-5+;. The van der Waals surface area contributed by atoms with Gasteiger partial charge in [-0.3, -0.25) is 0 Å². The lowest BCUT2D eigenvalue weighted by Crippen LogP contribution is -2.22. The van der Waals surface area contributed by atoms with Crippen molar-refractivity contribution in [3.63, 3.8) is 0 Å². The largest absolute Gasteiger partial charge is 0.370 e. The SMILES string of the molecule is C.NC(N)=NC/C=C/c1cc(/C=C/CN=C(N)N)cc(-c2cccc(-c3cc(/C=C/CN=C(N)N)cc(/C=C/CN=C(N)N)c3)c2)c1. The molecule has 12 heteroatoms. The molecule has 0 saturated carbocycles. The highest BCUT2D eigenvalue weighted by atomic mass is 15.0. The lowest BCUT2D eigenvalue weighted by molar-refractivity contribution is 1.22. The molecule has 0 aromatic heterocycles. The summed E-state index contributed by atoms with van der Waals surface area (Å²) in [5.41, 5.74) is 51.8. The van der Waals surface area contributed by atoms with Crippen LogP contribution >= 0.6 is 0 Å². The van der Waals surface area contributed by atoms with Crippen LogP contribution in [0.4, 0.5) is 0 Å². The van der Waals surface area contributed by atoms with E-state index in [9.17, 15) is 0 Å². The lowest BCUT2D eigenvalue weighted by atomic mass is 9.94. The molecule has 0 aliphatic heterocycles. The van der Waals surface area contributed by atoms with E-state index in [2.05, 4.69) is 74.6 Å². The fourth-order valence-corrected chi connectivity index (χ4v) is 4.34. The second-order valence-corrected chi connectivity index (χ2v) is 10.0. The molecule has 3 rings (SSSR count). The summed E-state index contributed by atoms with van der Waals surface area (Å²) < 4.78 is 0. The number of hydrogen-bond donors (Lipinski definition) is 8. The highest BCUT2D eigenvalue weighted by Crippen LogP contribution is 2.30. The summed E-state index contributed by atoms with van der Waals surface area (Å²) in [4.78, 5) is 16.1. The molecule has 0 heterocycles. The van der Waals surface area contributed by atoms with Crippen LogP contribution < -0.4 is 45.9 Å². The van der Waals surface area contributed by atoms with Crippen LogP contribution in [0.2, 0.25) is 0 Å². The summed E-state index contributed by atoms with van der Waals surface area (Å²) in [6, 6.07) is 20.9. The Kier molecular flexibility index (Phi) is 15.0. The Morgan fingerprint density at radius 1 is 0.404 bits per heavy atom. The zero-order valence-electron chi connectivity index (χ0n) is 25.6. The summed E-state index contributed by atoms with van der Waals surface area (Å²) in [7, 11) is 0. The van der Waals surface area contributed by atoms with Crippen LogP contribution in [0.5, 0.6) is 0 Å². The minimum atomic E-state index is 0. The first-order valence-electron chi connectivity index (χ1n) is 14.4. The van der Waals surface area contributed by atoms with Crippen molar-refractivity contribution in [2.75, 3.05) is 26.2 Å². The summed E-state index contributed by atoms with van der Waals surface area (Å²) in [5, 5.41) is 0. The van der Waals surface area contributed by atoms with Crippen molar-refractivity contribution < 1.29 is 0 Å². The van der Waals surface area contributed by atoms with E-state index < -0.39 is 0 Å². The monoisotopic (exact) mass is 634 g/mol. The Morgan fingerprint density at radius 2 is 0.681 bits per heavy atom. The van der Waals surface area contributed by atoms with E-state index >= 15 is 0 Å². The molecule has 0 saturated heterocycles. The molecule has 0 aliphatic rings. The van der Waals surface area contributed by atoms with Crippen LogP contribution in [-0.2, 0) is 0 Å². The van der Waals surface area contributed by atoms with E-state index in [1.165, 1.54) is 0 Å². The number of guanidine groups is 4. The first-order chi connectivity index (χ1) is 22.1. The van der Waals surface area contributed by atoms with Crippen molar-refractivity contribution in [2.45, 2.75) is 7.43 Å². The number of nitrogens with zero attached hydrogens (tertiary/aromatic N) is 4. The van der Waals surface area contributed by atoms with E-state index in [1.54, 1.807) is 0 Å². The maximum atomic E-state index is 5.47. The van der Waals surface area contributed by atoms with Crippen LogP contribution in [0.15, 0.2) is 105 Å². The summed E-state index contributed by atoms with van der Waals surface area (Å²) in [6.45, 7) is 1.49. The van der Waals surface area contributed by atoms with E-state index in [0.717, 1.165) is 44.5 Å². The Labute approximate surface area is 276 Å². The lowest BCUT2D eigenvalue weighted by Gasteiger charge is -2.11. The fourth-order valence-electron chi connectivity index (χ4n) is 4.34. The number of benzene rings is 3. The summed E-state index contributed by atoms with van der Waals surface area (Å²) >= 11 is 0. The van der Waals surface area contributed by atoms with E-state index in [-0.39, 0.29) is 31.3 Å². The van der Waals surface area contributed by atoms with Gasteiger partial charge in [-0.15, -0.1) is 0 Å². The van der Waals surface area contributed by atoms with Crippen molar-refractivity contribution in [1.29, 1.82) is 0 Å². The van der Waals surface area contributed by atoms with Crippen molar-refractivity contribution >= 4 is 48.1 Å². The van der Waals surface area contributed by atoms with Gasteiger partial charge in [0.05, 0.1) is 26.2 Å². The van der Waals surface area contributed by atoms with Crippen molar-refractivity contribution in [1.82, 2.24) is 0 Å². The van der Waals surface area contributed by atoms with Crippen LogP contribution in [0.1, 0.15) is 29.7 Å². The van der Waals surface area contributed by atoms with Gasteiger partial charge in [-0.2, -0.15) is 0 Å². The molecule has 0 spiro atoms. The minimum absolute atomic E-state index is 0. The predicted molar refractivity (Wildman–Crippen MR) is 203 cm³/mol. The van der Waals surface area contributed by atoms with Crippen molar-refractivity contribution in [2.24, 2.45) is 65.8 Å². The van der Waals surface area contributed by atoms with Gasteiger partial charge in [-0.1, -0.05) is 74.2 Å². The van der Waals surface area contributed by atoms with Crippen molar-refractivity contribution in [3.05, 3.63) is 107 Å². The van der Waals surface area contributed by atoms with Gasteiger partial charge in [-0.25, -0.2) is 20.0 Å². The third-order valence-electron chi connectivity index (χ3n) is 6.24. The normalized spacial score (nSPS) is 11.1. The quantitative estimate of drug-likeness (QED) is 0.0963. The van der Waals surface area contributed by atoms with Crippen LogP contribution in [0.25, 0.3) is 46.6 Å². The molecule has 246 valence electrons. The van der Waals surface area contributed by atoms with Gasteiger partial charge in [0.15, 0.2) is 23.8 Å². The molecule has 0 atom stereocenters. The molecule has 0 amide bonds. The number of aliphatic imine (C=N–C) groups is 4. The van der Waals surface area contributed by atoms with Gasteiger partial charge in [0.2, 0.25) is 0 Å². The second kappa shape index (κ2) is 19.2. The topological polar surface area (TPSA) is 258 Å². The van der Waals surface area contributed by atoms with Gasteiger partial charge < -0.3 is 45.9 Å². The van der Waals surface area contributed by atoms with Gasteiger partial charge in [0, 0.05) is 0 Å². The van der Waals surface area contributed by atoms with Gasteiger partial charge >= 0.3 is 0 Å². The smallest absolute Gasteiger partial charge is 0.186 e. The Hall–Kier alpha value is -6.30. The van der Waals surface area contributed by atoms with Crippen LogP contribution in [-0.4, -0.2) is 50.0 Å². The molecule has 0 aliphatic carbocycles. The molecule has 47 heavy (non-hydrogen) atoms. The highest BCUT2D eigenvalue weighted by molar-refractivity contribution is 5.80. The predicted octanol–water partition coefficient (Wildman–Crippen LogP) is 2.80. The molecule has 3 aromatic carbocycles. The zero-order valence-corrected chi connectivity index (χ0v) is 25.6. The number of rotatable bonds is 14. The molecule has 3 aromatic rings. The molecule has 0 unspecified atom stereocenters. The first-order valence-corrected chi connectivity index (χ1v) is 14.4. The van der Waals surface area contributed by atoms with E-state index in [0.29, 0.717) is 26.2 Å². The van der Waals surface area contributed by atoms with E-state index in [4.69, 9.17) is 45.9 Å². The molecular formula is C35H46N12. The zero-order chi connectivity index (χ0) is 33.3. The average Bonchev–Trinajstić information content (AvgIpc) is 3.01. The van der Waals surface area contributed by atoms with Gasteiger partial charge in [0.1, 0.15) is 0 Å². The first kappa shape index (κ1) is 36.9. The van der Waals surface area contributed by atoms with Crippen LogP contribution in [0.3, 0.4) is 0 Å². The Morgan fingerprint density at radius 3 is 0.936 bits per heavy atom. The summed E-state index contributed by atoms with van der Waals surface area (Å²) in [5.74, 6) is 0.164. The number of hydrogen-bond acceptors (Lipinski definition) is 4. The molecule has 0 bridgehead atoms. The van der Waals surface area contributed by atoms with Gasteiger partial charge in [0.25, 0.3) is 0 Å². The third kappa shape index (κ3) is 13.9. The Balaban J connectivity index is 0.00000768. The second-order valence-electron chi connectivity index (χ2n) is 10.0.